The van der Waals surface area contributed by atoms with Crippen LogP contribution in [0, 0.1) is 11.3 Å². The molecule has 2 aliphatic rings. The summed E-state index contributed by atoms with van der Waals surface area (Å²) in [5.41, 5.74) is 0.672. The highest BCUT2D eigenvalue weighted by Gasteiger charge is 2.40. The number of likely N-dealkylation sites (tertiary alicyclic amines) is 1. The average molecular weight is 252 g/mol. The van der Waals surface area contributed by atoms with E-state index in [2.05, 4.69) is 31.0 Å². The fourth-order valence-electron chi connectivity index (χ4n) is 4.20. The molecule has 1 N–H and O–H groups in total. The van der Waals surface area contributed by atoms with Crippen molar-refractivity contribution in [2.75, 3.05) is 26.2 Å². The van der Waals surface area contributed by atoms with E-state index < -0.39 is 0 Å². The van der Waals surface area contributed by atoms with Crippen molar-refractivity contribution in [2.45, 2.75) is 65.3 Å². The van der Waals surface area contributed by atoms with Crippen LogP contribution in [0.5, 0.6) is 0 Å². The number of rotatable bonds is 3. The Bertz CT molecular complexity index is 249. The lowest BCUT2D eigenvalue weighted by molar-refractivity contribution is 0.0774. The topological polar surface area (TPSA) is 15.3 Å². The Labute approximate surface area is 114 Å². The summed E-state index contributed by atoms with van der Waals surface area (Å²) in [5.74, 6) is 0.934. The fraction of sp³-hybridized carbons (Fsp3) is 1.00. The predicted molar refractivity (Wildman–Crippen MR) is 78.9 cm³/mol. The first-order valence-electron chi connectivity index (χ1n) is 8.13. The van der Waals surface area contributed by atoms with Gasteiger partial charge in [-0.25, -0.2) is 0 Å². The lowest BCUT2D eigenvalue weighted by atomic mass is 9.65. The van der Waals surface area contributed by atoms with E-state index in [9.17, 15) is 0 Å². The van der Waals surface area contributed by atoms with Gasteiger partial charge in [0.15, 0.2) is 0 Å². The third kappa shape index (κ3) is 3.08. The number of nitrogens with zero attached hydrogens (tertiary/aromatic N) is 1. The van der Waals surface area contributed by atoms with E-state index in [0.717, 1.165) is 12.0 Å². The lowest BCUT2D eigenvalue weighted by Crippen LogP contribution is -2.45. The molecule has 2 aliphatic heterocycles. The van der Waals surface area contributed by atoms with Crippen molar-refractivity contribution in [2.24, 2.45) is 11.3 Å². The van der Waals surface area contributed by atoms with Crippen molar-refractivity contribution < 1.29 is 0 Å². The molecule has 0 aromatic rings. The Morgan fingerprint density at radius 1 is 1.22 bits per heavy atom. The van der Waals surface area contributed by atoms with Crippen molar-refractivity contribution in [3.8, 4) is 0 Å². The van der Waals surface area contributed by atoms with Gasteiger partial charge in [0.05, 0.1) is 0 Å². The summed E-state index contributed by atoms with van der Waals surface area (Å²) in [6.45, 7) is 12.2. The highest BCUT2D eigenvalue weighted by atomic mass is 15.1. The Kier molecular flexibility index (Phi) is 5.08. The molecule has 0 aromatic carbocycles. The molecule has 0 aliphatic carbocycles. The van der Waals surface area contributed by atoms with E-state index in [0.29, 0.717) is 5.41 Å². The first kappa shape index (κ1) is 14.3. The van der Waals surface area contributed by atoms with Crippen LogP contribution in [0.15, 0.2) is 0 Å². The Balaban J connectivity index is 2.03. The van der Waals surface area contributed by atoms with Crippen LogP contribution in [-0.2, 0) is 0 Å². The predicted octanol–water partition coefficient (Wildman–Crippen LogP) is 3.28. The summed E-state index contributed by atoms with van der Waals surface area (Å²) in [4.78, 5) is 2.69. The molecular weight excluding hydrogens is 220 g/mol. The highest BCUT2D eigenvalue weighted by molar-refractivity contribution is 4.94. The monoisotopic (exact) mass is 252 g/mol. The number of hydrogen-bond donors (Lipinski definition) is 1. The van der Waals surface area contributed by atoms with Crippen LogP contribution in [0.2, 0.25) is 0 Å². The molecule has 106 valence electrons. The summed E-state index contributed by atoms with van der Waals surface area (Å²) in [7, 11) is 0. The second-order valence-electron chi connectivity index (χ2n) is 6.79. The molecule has 18 heavy (non-hydrogen) atoms. The second-order valence-corrected chi connectivity index (χ2v) is 6.79. The Morgan fingerprint density at radius 3 is 2.78 bits per heavy atom. The van der Waals surface area contributed by atoms with Gasteiger partial charge in [-0.2, -0.15) is 0 Å². The molecule has 0 aromatic heterocycles. The Hall–Kier alpha value is -0.0800. The SMILES string of the molecule is CCCC1CNCCC12CCCN(C(C)C)CC2. The van der Waals surface area contributed by atoms with E-state index in [-0.39, 0.29) is 0 Å². The third-order valence-corrected chi connectivity index (χ3v) is 5.44. The van der Waals surface area contributed by atoms with Gasteiger partial charge in [0.1, 0.15) is 0 Å². The van der Waals surface area contributed by atoms with Crippen LogP contribution in [0.25, 0.3) is 0 Å². The van der Waals surface area contributed by atoms with Gasteiger partial charge in [-0.05, 0) is 83.5 Å². The van der Waals surface area contributed by atoms with E-state index in [4.69, 9.17) is 0 Å². The fourth-order valence-corrected chi connectivity index (χ4v) is 4.20. The maximum atomic E-state index is 3.63. The standard InChI is InChI=1S/C16H32N2/c1-4-6-15-13-17-10-8-16(15)7-5-11-18(12-9-16)14(2)3/h14-15,17H,4-13H2,1-3H3. The van der Waals surface area contributed by atoms with Gasteiger partial charge in [-0.1, -0.05) is 13.3 Å². The molecule has 2 fully saturated rings. The van der Waals surface area contributed by atoms with Crippen LogP contribution in [0.4, 0.5) is 0 Å². The first-order chi connectivity index (χ1) is 8.68. The van der Waals surface area contributed by atoms with Crippen LogP contribution < -0.4 is 5.32 Å². The molecule has 0 radical (unpaired) electrons. The van der Waals surface area contributed by atoms with Crippen LogP contribution >= 0.6 is 0 Å². The van der Waals surface area contributed by atoms with Gasteiger partial charge in [-0.3, -0.25) is 0 Å². The first-order valence-corrected chi connectivity index (χ1v) is 8.13. The van der Waals surface area contributed by atoms with Crippen LogP contribution in [-0.4, -0.2) is 37.1 Å². The summed E-state index contributed by atoms with van der Waals surface area (Å²) in [5, 5.41) is 3.63. The minimum absolute atomic E-state index is 0.672. The van der Waals surface area contributed by atoms with Gasteiger partial charge >= 0.3 is 0 Å². The number of piperidine rings is 1. The summed E-state index contributed by atoms with van der Waals surface area (Å²) in [6, 6.07) is 0.728. The van der Waals surface area contributed by atoms with Crippen molar-refractivity contribution >= 4 is 0 Å². The average Bonchev–Trinajstić information content (AvgIpc) is 2.56. The van der Waals surface area contributed by atoms with Crippen molar-refractivity contribution in [3.05, 3.63) is 0 Å². The molecule has 2 heterocycles. The molecule has 0 saturated carbocycles. The van der Waals surface area contributed by atoms with Gasteiger partial charge in [0.25, 0.3) is 0 Å². The highest BCUT2D eigenvalue weighted by Crippen LogP contribution is 2.45. The van der Waals surface area contributed by atoms with Gasteiger partial charge in [-0.15, -0.1) is 0 Å². The summed E-state index contributed by atoms with van der Waals surface area (Å²) >= 11 is 0. The van der Waals surface area contributed by atoms with E-state index in [1.165, 1.54) is 64.7 Å². The minimum atomic E-state index is 0.672. The molecule has 1 spiro atoms. The zero-order valence-corrected chi connectivity index (χ0v) is 12.7. The summed E-state index contributed by atoms with van der Waals surface area (Å²) in [6.07, 6.45) is 8.53. The molecule has 2 heteroatoms. The van der Waals surface area contributed by atoms with Crippen molar-refractivity contribution in [1.82, 2.24) is 10.2 Å². The molecular formula is C16H32N2. The third-order valence-electron chi connectivity index (χ3n) is 5.44. The normalized spacial score (nSPS) is 35.0. The molecule has 0 bridgehead atoms. The maximum absolute atomic E-state index is 3.63. The molecule has 2 rings (SSSR count). The molecule has 2 saturated heterocycles. The van der Waals surface area contributed by atoms with Crippen LogP contribution in [0.3, 0.4) is 0 Å². The molecule has 2 nitrogen and oxygen atoms in total. The van der Waals surface area contributed by atoms with Gasteiger partial charge < -0.3 is 10.2 Å². The van der Waals surface area contributed by atoms with E-state index >= 15 is 0 Å². The quantitative estimate of drug-likeness (QED) is 0.829. The van der Waals surface area contributed by atoms with Gasteiger partial charge in [0, 0.05) is 6.04 Å². The largest absolute Gasteiger partial charge is 0.316 e. The molecule has 2 unspecified atom stereocenters. The van der Waals surface area contributed by atoms with E-state index in [1.807, 2.05) is 0 Å². The second kappa shape index (κ2) is 6.38. The summed E-state index contributed by atoms with van der Waals surface area (Å²) < 4.78 is 0. The lowest BCUT2D eigenvalue weighted by Gasteiger charge is -2.44. The molecule has 2 atom stereocenters. The van der Waals surface area contributed by atoms with Crippen molar-refractivity contribution in [3.63, 3.8) is 0 Å². The van der Waals surface area contributed by atoms with Gasteiger partial charge in [0.2, 0.25) is 0 Å². The minimum Gasteiger partial charge on any atom is -0.316 e. The van der Waals surface area contributed by atoms with Crippen molar-refractivity contribution in [1.29, 1.82) is 0 Å². The zero-order chi connectivity index (χ0) is 13.0. The number of hydrogen-bond acceptors (Lipinski definition) is 2. The number of nitrogens with one attached hydrogen (secondary N) is 1. The zero-order valence-electron chi connectivity index (χ0n) is 12.7. The van der Waals surface area contributed by atoms with E-state index in [1.54, 1.807) is 0 Å². The molecule has 0 amide bonds. The van der Waals surface area contributed by atoms with Crippen LogP contribution in [0.1, 0.15) is 59.3 Å². The Morgan fingerprint density at radius 2 is 2.06 bits per heavy atom. The maximum Gasteiger partial charge on any atom is 0.00385 e. The smallest absolute Gasteiger partial charge is 0.00385 e.